The highest BCUT2D eigenvalue weighted by molar-refractivity contribution is 8.26. The van der Waals surface area contributed by atoms with Gasteiger partial charge < -0.3 is 5.32 Å². The molecule has 2 aromatic rings. The number of amides is 1. The summed E-state index contributed by atoms with van der Waals surface area (Å²) in [7, 11) is 0. The van der Waals surface area contributed by atoms with Crippen molar-refractivity contribution in [1.82, 2.24) is 10.3 Å². The lowest BCUT2D eigenvalue weighted by molar-refractivity contribution is -0.115. The van der Waals surface area contributed by atoms with E-state index in [1.54, 1.807) is 24.3 Å². The molecule has 0 aliphatic carbocycles. The molecular weight excluding hydrogens is 359 g/mol. The van der Waals surface area contributed by atoms with Gasteiger partial charge in [-0.15, -0.1) is 0 Å². The van der Waals surface area contributed by atoms with Crippen molar-refractivity contribution in [3.8, 4) is 11.3 Å². The molecule has 1 aromatic heterocycles. The maximum Gasteiger partial charge on any atom is 0.263 e. The number of carbonyl (C=O) groups excluding carboxylic acids is 1. The van der Waals surface area contributed by atoms with Crippen molar-refractivity contribution in [2.45, 2.75) is 0 Å². The normalized spacial score (nSPS) is 16.2. The SMILES string of the molecule is O=C1NC(=S)SC1=Cc1cccc(-c2cc(Cl)ccc2Cl)n1. The molecule has 1 saturated heterocycles. The van der Waals surface area contributed by atoms with Crippen molar-refractivity contribution < 1.29 is 4.79 Å². The standard InChI is InChI=1S/C15H8Cl2N2OS2/c16-8-4-5-11(17)10(6-8)12-3-1-2-9(18-12)7-13-14(20)19-15(21)22-13/h1-7H,(H,19,20,21). The lowest BCUT2D eigenvalue weighted by Crippen LogP contribution is -2.17. The third-order valence-corrected chi connectivity index (χ3v) is 4.62. The first-order valence-corrected chi connectivity index (χ1v) is 8.18. The molecule has 1 fully saturated rings. The maximum atomic E-state index is 11.7. The molecule has 3 nitrogen and oxygen atoms in total. The number of nitrogens with zero attached hydrogens (tertiary/aromatic N) is 1. The minimum atomic E-state index is -0.206. The Hall–Kier alpha value is -1.40. The molecule has 0 saturated carbocycles. The molecule has 7 heteroatoms. The molecule has 3 rings (SSSR count). The number of rotatable bonds is 2. The summed E-state index contributed by atoms with van der Waals surface area (Å²) in [6, 6.07) is 10.7. The number of thiocarbonyl (C=S) groups is 1. The maximum absolute atomic E-state index is 11.7. The van der Waals surface area contributed by atoms with Crippen LogP contribution >= 0.6 is 47.2 Å². The van der Waals surface area contributed by atoms with E-state index in [1.165, 1.54) is 11.8 Å². The molecule has 1 amide bonds. The molecule has 0 bridgehead atoms. The fraction of sp³-hybridized carbons (Fsp3) is 0. The zero-order chi connectivity index (χ0) is 15.7. The second-order valence-electron chi connectivity index (χ2n) is 4.42. The molecule has 2 heterocycles. The highest BCUT2D eigenvalue weighted by atomic mass is 35.5. The van der Waals surface area contributed by atoms with Crippen molar-refractivity contribution in [2.75, 3.05) is 0 Å². The first kappa shape index (κ1) is 15.5. The molecule has 1 aliphatic rings. The molecule has 0 radical (unpaired) electrons. The van der Waals surface area contributed by atoms with Crippen molar-refractivity contribution in [1.29, 1.82) is 0 Å². The Morgan fingerprint density at radius 2 is 2.05 bits per heavy atom. The van der Waals surface area contributed by atoms with Crippen LogP contribution in [-0.4, -0.2) is 15.2 Å². The number of hydrogen-bond donors (Lipinski definition) is 1. The van der Waals surface area contributed by atoms with Crippen LogP contribution in [0.25, 0.3) is 17.3 Å². The number of pyridine rings is 1. The van der Waals surface area contributed by atoms with Crippen molar-refractivity contribution in [3.05, 3.63) is 57.0 Å². The van der Waals surface area contributed by atoms with E-state index in [4.69, 9.17) is 35.4 Å². The number of thioether (sulfide) groups is 1. The third-order valence-electron chi connectivity index (χ3n) is 2.90. The Morgan fingerprint density at radius 1 is 1.23 bits per heavy atom. The van der Waals surface area contributed by atoms with Gasteiger partial charge in [0, 0.05) is 10.6 Å². The van der Waals surface area contributed by atoms with E-state index in [-0.39, 0.29) is 5.91 Å². The molecular formula is C15H8Cl2N2OS2. The van der Waals surface area contributed by atoms with E-state index in [0.717, 1.165) is 5.56 Å². The Balaban J connectivity index is 2.00. The Kier molecular flexibility index (Phi) is 4.49. The van der Waals surface area contributed by atoms with Crippen LogP contribution in [0.1, 0.15) is 5.69 Å². The van der Waals surface area contributed by atoms with Gasteiger partial charge in [-0.25, -0.2) is 4.98 Å². The Labute approximate surface area is 146 Å². The van der Waals surface area contributed by atoms with Gasteiger partial charge in [-0.05, 0) is 36.4 Å². The first-order chi connectivity index (χ1) is 10.5. The van der Waals surface area contributed by atoms with Crippen LogP contribution in [0, 0.1) is 0 Å². The largest absolute Gasteiger partial charge is 0.307 e. The van der Waals surface area contributed by atoms with Gasteiger partial charge >= 0.3 is 0 Å². The van der Waals surface area contributed by atoms with Gasteiger partial charge in [-0.3, -0.25) is 4.79 Å². The fourth-order valence-electron chi connectivity index (χ4n) is 1.93. The third kappa shape index (κ3) is 3.33. The van der Waals surface area contributed by atoms with E-state index < -0.39 is 0 Å². The highest BCUT2D eigenvalue weighted by Crippen LogP contribution is 2.30. The molecule has 110 valence electrons. The molecule has 0 spiro atoms. The smallest absolute Gasteiger partial charge is 0.263 e. The summed E-state index contributed by atoms with van der Waals surface area (Å²) >= 11 is 18.4. The van der Waals surface area contributed by atoms with Gasteiger partial charge in [0.05, 0.1) is 21.3 Å². The lowest BCUT2D eigenvalue weighted by Gasteiger charge is -2.05. The Morgan fingerprint density at radius 3 is 2.77 bits per heavy atom. The molecule has 0 atom stereocenters. The topological polar surface area (TPSA) is 42.0 Å². The summed E-state index contributed by atoms with van der Waals surface area (Å²) in [6.07, 6.45) is 1.70. The van der Waals surface area contributed by atoms with E-state index >= 15 is 0 Å². The number of hydrogen-bond acceptors (Lipinski definition) is 4. The lowest BCUT2D eigenvalue weighted by atomic mass is 10.1. The zero-order valence-corrected chi connectivity index (χ0v) is 14.1. The van der Waals surface area contributed by atoms with Gasteiger partial charge in [-0.2, -0.15) is 0 Å². The van der Waals surface area contributed by atoms with E-state index in [2.05, 4.69) is 10.3 Å². The van der Waals surface area contributed by atoms with Gasteiger partial charge in [0.15, 0.2) is 0 Å². The van der Waals surface area contributed by atoms with Crippen LogP contribution in [0.4, 0.5) is 0 Å². The zero-order valence-electron chi connectivity index (χ0n) is 11.0. The number of nitrogens with one attached hydrogen (secondary N) is 1. The predicted molar refractivity (Wildman–Crippen MR) is 96.0 cm³/mol. The first-order valence-electron chi connectivity index (χ1n) is 6.20. The average Bonchev–Trinajstić information content (AvgIpc) is 2.80. The number of carbonyl (C=O) groups is 1. The Bertz CT molecular complexity index is 821. The monoisotopic (exact) mass is 366 g/mol. The van der Waals surface area contributed by atoms with Crippen molar-refractivity contribution in [2.24, 2.45) is 0 Å². The van der Waals surface area contributed by atoms with Crippen LogP contribution in [0.3, 0.4) is 0 Å². The molecule has 1 aromatic carbocycles. The minimum Gasteiger partial charge on any atom is -0.307 e. The summed E-state index contributed by atoms with van der Waals surface area (Å²) in [5.74, 6) is -0.206. The predicted octanol–water partition coefficient (Wildman–Crippen LogP) is 4.54. The van der Waals surface area contributed by atoms with Gasteiger partial charge in [-0.1, -0.05) is 53.2 Å². The number of halogens is 2. The van der Waals surface area contributed by atoms with Crippen LogP contribution in [0.5, 0.6) is 0 Å². The molecule has 0 unspecified atom stereocenters. The molecule has 1 N–H and O–H groups in total. The van der Waals surface area contributed by atoms with Gasteiger partial charge in [0.1, 0.15) is 4.32 Å². The number of aromatic nitrogens is 1. The molecule has 1 aliphatic heterocycles. The fourth-order valence-corrected chi connectivity index (χ4v) is 3.35. The minimum absolute atomic E-state index is 0.206. The molecule has 22 heavy (non-hydrogen) atoms. The van der Waals surface area contributed by atoms with E-state index in [1.807, 2.05) is 18.2 Å². The van der Waals surface area contributed by atoms with Gasteiger partial charge in [0.2, 0.25) is 0 Å². The average molecular weight is 367 g/mol. The summed E-state index contributed by atoms with van der Waals surface area (Å²) in [5.41, 5.74) is 2.08. The summed E-state index contributed by atoms with van der Waals surface area (Å²) in [5, 5.41) is 3.72. The van der Waals surface area contributed by atoms with Crippen LogP contribution in [0.2, 0.25) is 10.0 Å². The summed E-state index contributed by atoms with van der Waals surface area (Å²) < 4.78 is 0.449. The van der Waals surface area contributed by atoms with Gasteiger partial charge in [0.25, 0.3) is 5.91 Å². The van der Waals surface area contributed by atoms with Crippen molar-refractivity contribution >= 4 is 63.5 Å². The second-order valence-corrected chi connectivity index (χ2v) is 6.99. The summed E-state index contributed by atoms with van der Waals surface area (Å²) in [6.45, 7) is 0. The quantitative estimate of drug-likeness (QED) is 0.625. The summed E-state index contributed by atoms with van der Waals surface area (Å²) in [4.78, 5) is 16.7. The second kappa shape index (κ2) is 6.38. The van der Waals surface area contributed by atoms with Crippen LogP contribution in [0.15, 0.2) is 41.3 Å². The van der Waals surface area contributed by atoms with Crippen LogP contribution < -0.4 is 5.32 Å². The number of benzene rings is 1. The van der Waals surface area contributed by atoms with E-state index in [9.17, 15) is 4.79 Å². The van der Waals surface area contributed by atoms with Crippen molar-refractivity contribution in [3.63, 3.8) is 0 Å². The highest BCUT2D eigenvalue weighted by Gasteiger charge is 2.22. The van der Waals surface area contributed by atoms with E-state index in [0.29, 0.717) is 30.7 Å². The van der Waals surface area contributed by atoms with Crippen LogP contribution in [-0.2, 0) is 4.79 Å².